The van der Waals surface area contributed by atoms with Crippen molar-refractivity contribution in [2.75, 3.05) is 5.32 Å². The summed E-state index contributed by atoms with van der Waals surface area (Å²) in [5, 5.41) is 13.1. The number of rotatable bonds is 1. The Balaban J connectivity index is 2.22. The monoisotopic (exact) mass is 261 g/mol. The van der Waals surface area contributed by atoms with Gasteiger partial charge in [0.25, 0.3) is 5.91 Å². The molecule has 3 nitrogen and oxygen atoms in total. The van der Waals surface area contributed by atoms with Crippen molar-refractivity contribution in [3.63, 3.8) is 0 Å². The average molecular weight is 261 g/mol. The van der Waals surface area contributed by atoms with Gasteiger partial charge in [-0.15, -0.1) is 0 Å². The number of nitrogens with one attached hydrogen (secondary N) is 1. The maximum atomic E-state index is 13.3. The molecule has 0 aliphatic carbocycles. The van der Waals surface area contributed by atoms with E-state index in [-0.39, 0.29) is 5.56 Å². The molecule has 1 atom stereocenters. The number of aliphatic hydroxyl groups is 1. The summed E-state index contributed by atoms with van der Waals surface area (Å²) in [7, 11) is 0. The molecule has 19 heavy (non-hydrogen) atoms. The van der Waals surface area contributed by atoms with Gasteiger partial charge in [0.2, 0.25) is 0 Å². The molecule has 1 amide bonds. The molecular weight excluding hydrogens is 252 g/mol. The second-order valence-corrected chi connectivity index (χ2v) is 4.34. The van der Waals surface area contributed by atoms with Crippen LogP contribution in [0.4, 0.5) is 14.5 Å². The molecule has 1 aliphatic heterocycles. The van der Waals surface area contributed by atoms with E-state index in [1.165, 1.54) is 6.07 Å². The number of carbonyl (C=O) groups is 1. The lowest BCUT2D eigenvalue weighted by atomic mass is 9.87. The lowest BCUT2D eigenvalue weighted by molar-refractivity contribution is -0.129. The van der Waals surface area contributed by atoms with Gasteiger partial charge >= 0.3 is 0 Å². The van der Waals surface area contributed by atoms with Crippen LogP contribution in [0.25, 0.3) is 0 Å². The van der Waals surface area contributed by atoms with Gasteiger partial charge in [-0.1, -0.05) is 24.3 Å². The van der Waals surface area contributed by atoms with Crippen LogP contribution in [0.1, 0.15) is 11.1 Å². The third-order valence-corrected chi connectivity index (χ3v) is 3.23. The first-order valence-corrected chi connectivity index (χ1v) is 5.62. The Labute approximate surface area is 107 Å². The summed E-state index contributed by atoms with van der Waals surface area (Å²) in [5.41, 5.74) is -1.22. The highest BCUT2D eigenvalue weighted by Crippen LogP contribution is 2.40. The van der Waals surface area contributed by atoms with E-state index in [0.717, 1.165) is 12.1 Å². The SMILES string of the molecule is O=C1Nc2ccccc2[C@@]1(O)c1ccc(F)c(F)c1. The Bertz CT molecular complexity index is 687. The fraction of sp³-hybridized carbons (Fsp3) is 0.0714. The first-order valence-electron chi connectivity index (χ1n) is 5.62. The highest BCUT2D eigenvalue weighted by atomic mass is 19.2. The molecule has 1 aliphatic rings. The van der Waals surface area contributed by atoms with Gasteiger partial charge in [-0.3, -0.25) is 4.79 Å². The Hall–Kier alpha value is -2.27. The van der Waals surface area contributed by atoms with E-state index in [2.05, 4.69) is 5.32 Å². The lowest BCUT2D eigenvalue weighted by Crippen LogP contribution is -2.35. The first-order chi connectivity index (χ1) is 9.03. The van der Waals surface area contributed by atoms with Crippen LogP contribution in [0, 0.1) is 11.6 Å². The molecule has 0 aromatic heterocycles. The van der Waals surface area contributed by atoms with Crippen molar-refractivity contribution in [1.82, 2.24) is 0 Å². The first kappa shape index (κ1) is 11.8. The zero-order chi connectivity index (χ0) is 13.6. The Kier molecular flexibility index (Phi) is 2.40. The van der Waals surface area contributed by atoms with E-state index in [4.69, 9.17) is 0 Å². The lowest BCUT2D eigenvalue weighted by Gasteiger charge is -2.21. The van der Waals surface area contributed by atoms with Crippen LogP contribution >= 0.6 is 0 Å². The minimum absolute atomic E-state index is 0.00569. The standard InChI is InChI=1S/C14H9F2NO2/c15-10-6-5-8(7-11(10)16)14(19)9-3-1-2-4-12(9)17-13(14)18/h1-7,19H,(H,17,18)/t14-/m0/s1. The molecule has 0 saturated heterocycles. The third-order valence-electron chi connectivity index (χ3n) is 3.23. The van der Waals surface area contributed by atoms with Crippen molar-refractivity contribution in [1.29, 1.82) is 0 Å². The number of amides is 1. The second-order valence-electron chi connectivity index (χ2n) is 4.34. The molecule has 0 saturated carbocycles. The van der Waals surface area contributed by atoms with E-state index in [0.29, 0.717) is 11.3 Å². The van der Waals surface area contributed by atoms with E-state index < -0.39 is 23.1 Å². The predicted octanol–water partition coefficient (Wildman–Crippen LogP) is 2.15. The van der Waals surface area contributed by atoms with Gasteiger partial charge in [0, 0.05) is 16.8 Å². The van der Waals surface area contributed by atoms with Crippen LogP contribution in [0.5, 0.6) is 0 Å². The molecule has 2 aromatic carbocycles. The van der Waals surface area contributed by atoms with Crippen LogP contribution in [0.2, 0.25) is 0 Å². The molecule has 0 bridgehead atoms. The number of carbonyl (C=O) groups excluding carboxylic acids is 1. The molecule has 0 radical (unpaired) electrons. The smallest absolute Gasteiger partial charge is 0.265 e. The van der Waals surface area contributed by atoms with E-state index in [1.807, 2.05) is 0 Å². The van der Waals surface area contributed by atoms with Crippen molar-refractivity contribution < 1.29 is 18.7 Å². The van der Waals surface area contributed by atoms with Crippen LogP contribution in [0.3, 0.4) is 0 Å². The third kappa shape index (κ3) is 1.55. The molecular formula is C14H9F2NO2. The van der Waals surface area contributed by atoms with E-state index in [9.17, 15) is 18.7 Å². The highest BCUT2D eigenvalue weighted by Gasteiger charge is 2.46. The van der Waals surface area contributed by atoms with Gasteiger partial charge in [0.05, 0.1) is 0 Å². The fourth-order valence-corrected chi connectivity index (χ4v) is 2.25. The number of hydrogen-bond acceptors (Lipinski definition) is 2. The molecule has 2 N–H and O–H groups in total. The van der Waals surface area contributed by atoms with Gasteiger partial charge < -0.3 is 10.4 Å². The average Bonchev–Trinajstić information content (AvgIpc) is 2.66. The van der Waals surface area contributed by atoms with E-state index >= 15 is 0 Å². The summed E-state index contributed by atoms with van der Waals surface area (Å²) in [4.78, 5) is 12.0. The summed E-state index contributed by atoms with van der Waals surface area (Å²) < 4.78 is 26.2. The zero-order valence-electron chi connectivity index (χ0n) is 9.65. The Morgan fingerprint density at radius 1 is 1.05 bits per heavy atom. The van der Waals surface area contributed by atoms with Gasteiger partial charge in [-0.25, -0.2) is 8.78 Å². The summed E-state index contributed by atoms with van der Waals surface area (Å²) >= 11 is 0. The van der Waals surface area contributed by atoms with Crippen LogP contribution in [0.15, 0.2) is 42.5 Å². The molecule has 2 aromatic rings. The minimum atomic E-state index is -1.99. The van der Waals surface area contributed by atoms with Gasteiger partial charge in [-0.2, -0.15) is 0 Å². The topological polar surface area (TPSA) is 49.3 Å². The van der Waals surface area contributed by atoms with Gasteiger partial charge in [-0.05, 0) is 18.2 Å². The minimum Gasteiger partial charge on any atom is -0.372 e. The van der Waals surface area contributed by atoms with Crippen molar-refractivity contribution >= 4 is 11.6 Å². The van der Waals surface area contributed by atoms with Crippen molar-refractivity contribution in [3.8, 4) is 0 Å². The number of fused-ring (bicyclic) bond motifs is 1. The van der Waals surface area contributed by atoms with Crippen molar-refractivity contribution in [2.24, 2.45) is 0 Å². The molecule has 0 unspecified atom stereocenters. The molecule has 0 spiro atoms. The van der Waals surface area contributed by atoms with Crippen LogP contribution in [-0.4, -0.2) is 11.0 Å². The number of hydrogen-bond donors (Lipinski definition) is 2. The van der Waals surface area contributed by atoms with E-state index in [1.54, 1.807) is 24.3 Å². The molecule has 3 rings (SSSR count). The summed E-state index contributed by atoms with van der Waals surface area (Å²) in [5.74, 6) is -2.82. The molecule has 5 heteroatoms. The summed E-state index contributed by atoms with van der Waals surface area (Å²) in [6.07, 6.45) is 0. The maximum Gasteiger partial charge on any atom is 0.265 e. The number of halogens is 2. The van der Waals surface area contributed by atoms with Crippen molar-refractivity contribution in [3.05, 3.63) is 65.2 Å². The number of para-hydroxylation sites is 1. The van der Waals surface area contributed by atoms with Gasteiger partial charge in [0.15, 0.2) is 17.2 Å². The highest BCUT2D eigenvalue weighted by molar-refractivity contribution is 6.07. The molecule has 96 valence electrons. The van der Waals surface area contributed by atoms with Gasteiger partial charge in [0.1, 0.15) is 0 Å². The normalized spacial score (nSPS) is 21.1. The quantitative estimate of drug-likeness (QED) is 0.826. The van der Waals surface area contributed by atoms with Crippen LogP contribution < -0.4 is 5.32 Å². The fourth-order valence-electron chi connectivity index (χ4n) is 2.25. The Morgan fingerprint density at radius 2 is 1.79 bits per heavy atom. The second kappa shape index (κ2) is 3.86. The van der Waals surface area contributed by atoms with Crippen molar-refractivity contribution in [2.45, 2.75) is 5.60 Å². The molecule has 1 heterocycles. The zero-order valence-corrected chi connectivity index (χ0v) is 9.65. The molecule has 0 fully saturated rings. The van der Waals surface area contributed by atoms with Crippen LogP contribution in [-0.2, 0) is 10.4 Å². The predicted molar refractivity (Wildman–Crippen MR) is 64.4 cm³/mol. The number of benzene rings is 2. The Morgan fingerprint density at radius 3 is 2.53 bits per heavy atom. The summed E-state index contributed by atoms with van der Waals surface area (Å²) in [6.45, 7) is 0. The maximum absolute atomic E-state index is 13.3. The number of anilines is 1. The largest absolute Gasteiger partial charge is 0.372 e. The summed E-state index contributed by atoms with van der Waals surface area (Å²) in [6, 6.07) is 9.47.